The van der Waals surface area contributed by atoms with Gasteiger partial charge in [-0.2, -0.15) is 8.42 Å². The Kier molecular flexibility index (Phi) is 9.19. The fourth-order valence-corrected chi connectivity index (χ4v) is 5.67. The normalized spacial score (nSPS) is 15.6. The third-order valence-corrected chi connectivity index (χ3v) is 8.98. The fourth-order valence-electron chi connectivity index (χ4n) is 5.19. The summed E-state index contributed by atoms with van der Waals surface area (Å²) in [4.78, 5) is 35.4. The molecule has 6 rings (SSSR count). The van der Waals surface area contributed by atoms with Crippen LogP contribution in [0.25, 0.3) is 16.6 Å². The van der Waals surface area contributed by atoms with Gasteiger partial charge < -0.3 is 10.2 Å². The van der Waals surface area contributed by atoms with E-state index in [0.29, 0.717) is 28.2 Å². The molecule has 1 aliphatic heterocycles. The zero-order valence-corrected chi connectivity index (χ0v) is 26.3. The predicted molar refractivity (Wildman–Crippen MR) is 172 cm³/mol. The molecule has 0 spiro atoms. The number of anilines is 1. The molecule has 1 saturated carbocycles. The van der Waals surface area contributed by atoms with Crippen molar-refractivity contribution in [3.63, 3.8) is 0 Å². The molecule has 44 heavy (non-hydrogen) atoms. The van der Waals surface area contributed by atoms with Crippen LogP contribution in [0.5, 0.6) is 0 Å². The van der Waals surface area contributed by atoms with E-state index in [9.17, 15) is 18.0 Å². The molecule has 0 unspecified atom stereocenters. The van der Waals surface area contributed by atoms with Crippen molar-refractivity contribution in [1.29, 1.82) is 0 Å². The SMILES string of the molecule is Cc1ccc(C(=O)NC2CC2)cc1-n1cnc2ccc(N3CCN(C(C)C)CC3)cc2c1=O.Cc1ccc(S(=O)(=O)O)cc1. The molecular weight excluding hydrogens is 578 g/mol. The summed E-state index contributed by atoms with van der Waals surface area (Å²) in [5, 5.41) is 3.61. The minimum atomic E-state index is -4.02. The molecule has 2 fully saturated rings. The number of carbonyl (C=O) groups excluding carboxylic acids is 1. The van der Waals surface area contributed by atoms with E-state index in [4.69, 9.17) is 4.55 Å². The van der Waals surface area contributed by atoms with Crippen LogP contribution in [-0.4, -0.2) is 71.6 Å². The van der Waals surface area contributed by atoms with Crippen LogP contribution < -0.4 is 15.8 Å². The molecule has 2 N–H and O–H groups in total. The zero-order valence-electron chi connectivity index (χ0n) is 25.5. The molecule has 2 aliphatic rings. The topological polar surface area (TPSA) is 125 Å². The van der Waals surface area contributed by atoms with Crippen molar-refractivity contribution < 1.29 is 17.8 Å². The maximum atomic E-state index is 13.5. The standard InChI is InChI=1S/C26H31N5O2.C7H8O3S/c1-17(2)29-10-12-30(13-11-29)21-8-9-23-22(15-21)26(33)31(16-27-23)24-14-19(5-4-18(24)3)25(32)28-20-6-7-20;1-6-2-4-7(5-3-6)11(8,9)10/h4-5,8-9,14-17,20H,6-7,10-13H2,1-3H3,(H,28,32);2-5H,1H3,(H,8,9,10). The average molecular weight is 618 g/mol. The summed E-state index contributed by atoms with van der Waals surface area (Å²) < 4.78 is 31.1. The van der Waals surface area contributed by atoms with Crippen LogP contribution in [0.3, 0.4) is 0 Å². The molecule has 0 atom stereocenters. The fraction of sp³-hybridized carbons (Fsp3) is 0.364. The van der Waals surface area contributed by atoms with Gasteiger partial charge in [0, 0.05) is 49.5 Å². The van der Waals surface area contributed by atoms with E-state index in [0.717, 1.165) is 55.8 Å². The number of hydrogen-bond donors (Lipinski definition) is 2. The highest BCUT2D eigenvalue weighted by Crippen LogP contribution is 2.23. The van der Waals surface area contributed by atoms with E-state index in [1.165, 1.54) is 12.1 Å². The lowest BCUT2D eigenvalue weighted by molar-refractivity contribution is 0.0951. The third kappa shape index (κ3) is 7.35. The van der Waals surface area contributed by atoms with Gasteiger partial charge in [-0.1, -0.05) is 23.8 Å². The summed E-state index contributed by atoms with van der Waals surface area (Å²) in [5.41, 5.74) is 4.74. The summed E-state index contributed by atoms with van der Waals surface area (Å²) in [7, 11) is -4.02. The van der Waals surface area contributed by atoms with Crippen LogP contribution in [0.2, 0.25) is 0 Å². The van der Waals surface area contributed by atoms with E-state index in [1.807, 2.05) is 38.1 Å². The van der Waals surface area contributed by atoms with Crippen LogP contribution in [0.4, 0.5) is 5.69 Å². The second-order valence-electron chi connectivity index (χ2n) is 11.8. The first-order valence-electron chi connectivity index (χ1n) is 14.9. The van der Waals surface area contributed by atoms with Crippen LogP contribution in [0.1, 0.15) is 48.2 Å². The van der Waals surface area contributed by atoms with Gasteiger partial charge in [-0.15, -0.1) is 0 Å². The number of amides is 1. The number of rotatable bonds is 6. The van der Waals surface area contributed by atoms with E-state index in [-0.39, 0.29) is 22.4 Å². The Bertz CT molecular complexity index is 1820. The lowest BCUT2D eigenvalue weighted by Gasteiger charge is -2.38. The van der Waals surface area contributed by atoms with Gasteiger partial charge in [-0.25, -0.2) is 4.98 Å². The number of aromatic nitrogens is 2. The highest BCUT2D eigenvalue weighted by atomic mass is 32.2. The number of hydrogen-bond acceptors (Lipinski definition) is 7. The van der Waals surface area contributed by atoms with Gasteiger partial charge in [0.1, 0.15) is 6.33 Å². The van der Waals surface area contributed by atoms with Crippen molar-refractivity contribution in [2.45, 2.75) is 57.5 Å². The van der Waals surface area contributed by atoms with Crippen molar-refractivity contribution in [3.8, 4) is 5.69 Å². The van der Waals surface area contributed by atoms with Gasteiger partial charge in [0.15, 0.2) is 0 Å². The molecule has 3 aromatic carbocycles. The highest BCUT2D eigenvalue weighted by Gasteiger charge is 2.24. The lowest BCUT2D eigenvalue weighted by atomic mass is 10.1. The first kappa shape index (κ1) is 31.4. The number of piperazine rings is 1. The molecule has 11 heteroatoms. The molecule has 0 radical (unpaired) electrons. The van der Waals surface area contributed by atoms with E-state index < -0.39 is 10.1 Å². The Labute approximate surface area is 258 Å². The van der Waals surface area contributed by atoms with Crippen LogP contribution in [0, 0.1) is 13.8 Å². The summed E-state index contributed by atoms with van der Waals surface area (Å²) in [6.07, 6.45) is 3.64. The minimum absolute atomic E-state index is 0.0666. The molecule has 1 aromatic heterocycles. The Morgan fingerprint density at radius 2 is 1.64 bits per heavy atom. The quantitative estimate of drug-likeness (QED) is 0.306. The summed E-state index contributed by atoms with van der Waals surface area (Å²) >= 11 is 0. The summed E-state index contributed by atoms with van der Waals surface area (Å²) in [5.74, 6) is -0.0941. The number of aryl methyl sites for hydroxylation is 2. The summed E-state index contributed by atoms with van der Waals surface area (Å²) in [6, 6.07) is 18.3. The van der Waals surface area contributed by atoms with Crippen molar-refractivity contribution in [1.82, 2.24) is 19.8 Å². The number of benzene rings is 3. The third-order valence-electron chi connectivity index (χ3n) is 8.11. The molecular formula is C33H39N5O5S. The Morgan fingerprint density at radius 1 is 0.955 bits per heavy atom. The van der Waals surface area contributed by atoms with E-state index in [1.54, 1.807) is 29.1 Å². The Morgan fingerprint density at radius 3 is 2.25 bits per heavy atom. The molecule has 4 aromatic rings. The molecule has 1 aliphatic carbocycles. The van der Waals surface area contributed by atoms with Gasteiger partial charge in [0.2, 0.25) is 0 Å². The van der Waals surface area contributed by atoms with Gasteiger partial charge >= 0.3 is 0 Å². The van der Waals surface area contributed by atoms with Gasteiger partial charge in [0.25, 0.3) is 21.6 Å². The monoisotopic (exact) mass is 617 g/mol. The second kappa shape index (κ2) is 12.9. The van der Waals surface area contributed by atoms with Gasteiger partial charge in [-0.05, 0) is 88.6 Å². The van der Waals surface area contributed by atoms with Crippen LogP contribution in [0.15, 0.2) is 76.7 Å². The number of carbonyl (C=O) groups is 1. The number of nitrogens with one attached hydrogen (secondary N) is 1. The van der Waals surface area contributed by atoms with Crippen molar-refractivity contribution in [2.75, 3.05) is 31.1 Å². The predicted octanol–water partition coefficient (Wildman–Crippen LogP) is 4.36. The Hall–Kier alpha value is -4.06. The zero-order chi connectivity index (χ0) is 31.6. The van der Waals surface area contributed by atoms with Crippen molar-refractivity contribution in [2.24, 2.45) is 0 Å². The first-order valence-corrected chi connectivity index (χ1v) is 16.3. The first-order chi connectivity index (χ1) is 20.9. The lowest BCUT2D eigenvalue weighted by Crippen LogP contribution is -2.48. The van der Waals surface area contributed by atoms with Crippen molar-refractivity contribution >= 4 is 32.6 Å². The molecule has 10 nitrogen and oxygen atoms in total. The molecule has 2 heterocycles. The Balaban J connectivity index is 0.000000296. The molecule has 1 amide bonds. The van der Waals surface area contributed by atoms with Crippen LogP contribution in [-0.2, 0) is 10.1 Å². The average Bonchev–Trinajstić information content (AvgIpc) is 3.82. The number of nitrogens with zero attached hydrogens (tertiary/aromatic N) is 4. The van der Waals surface area contributed by atoms with Crippen molar-refractivity contribution in [3.05, 3.63) is 94.0 Å². The maximum Gasteiger partial charge on any atom is 0.294 e. The van der Waals surface area contributed by atoms with E-state index in [2.05, 4.69) is 40.0 Å². The molecule has 232 valence electrons. The highest BCUT2D eigenvalue weighted by molar-refractivity contribution is 7.85. The van der Waals surface area contributed by atoms with Crippen LogP contribution >= 0.6 is 0 Å². The van der Waals surface area contributed by atoms with Gasteiger partial charge in [-0.3, -0.25) is 23.6 Å². The maximum absolute atomic E-state index is 13.5. The van der Waals surface area contributed by atoms with Gasteiger partial charge in [0.05, 0.1) is 21.5 Å². The molecule has 0 bridgehead atoms. The number of fused-ring (bicyclic) bond motifs is 1. The largest absolute Gasteiger partial charge is 0.369 e. The minimum Gasteiger partial charge on any atom is -0.369 e. The summed E-state index contributed by atoms with van der Waals surface area (Å²) in [6.45, 7) is 12.2. The smallest absolute Gasteiger partial charge is 0.294 e. The molecule has 1 saturated heterocycles. The van der Waals surface area contributed by atoms with E-state index >= 15 is 0 Å². The second-order valence-corrected chi connectivity index (χ2v) is 13.2.